The molecule has 42 heavy (non-hydrogen) atoms. The van der Waals surface area contributed by atoms with E-state index in [1.807, 2.05) is 0 Å². The molecule has 2 aliphatic heterocycles. The summed E-state index contributed by atoms with van der Waals surface area (Å²) in [6, 6.07) is 11.5. The van der Waals surface area contributed by atoms with Crippen LogP contribution in [0.1, 0.15) is 41.1 Å². The predicted molar refractivity (Wildman–Crippen MR) is 164 cm³/mol. The van der Waals surface area contributed by atoms with Crippen LogP contribution in [0.5, 0.6) is 0 Å². The van der Waals surface area contributed by atoms with Crippen LogP contribution in [0.4, 0.5) is 4.79 Å². The van der Waals surface area contributed by atoms with Crippen molar-refractivity contribution >= 4 is 50.8 Å². The van der Waals surface area contributed by atoms with Gasteiger partial charge in [-0.1, -0.05) is 41.4 Å². The summed E-state index contributed by atoms with van der Waals surface area (Å²) in [7, 11) is -1.45. The normalized spacial score (nSPS) is 19.8. The average Bonchev–Trinajstić information content (AvgIpc) is 3.38. The van der Waals surface area contributed by atoms with E-state index >= 15 is 0 Å². The highest BCUT2D eigenvalue weighted by Crippen LogP contribution is 2.38. The van der Waals surface area contributed by atoms with E-state index in [1.165, 1.54) is 21.7 Å². The van der Waals surface area contributed by atoms with Crippen molar-refractivity contribution in [1.29, 1.82) is 0 Å². The summed E-state index contributed by atoms with van der Waals surface area (Å²) in [4.78, 5) is 31.3. The Bertz CT molecular complexity index is 1470. The summed E-state index contributed by atoms with van der Waals surface area (Å²) in [6.07, 6.45) is 5.54. The van der Waals surface area contributed by atoms with E-state index in [1.54, 1.807) is 35.0 Å². The van der Waals surface area contributed by atoms with Crippen LogP contribution in [0.15, 0.2) is 42.5 Å². The lowest BCUT2D eigenvalue weighted by Gasteiger charge is -2.35. The van der Waals surface area contributed by atoms with Crippen molar-refractivity contribution in [2.45, 2.75) is 31.9 Å². The highest BCUT2D eigenvalue weighted by Gasteiger charge is 2.31. The molecule has 0 N–H and O–H groups in total. The van der Waals surface area contributed by atoms with Gasteiger partial charge in [-0.15, -0.1) is 0 Å². The first-order chi connectivity index (χ1) is 20.0. The monoisotopic (exact) mass is 634 g/mol. The zero-order chi connectivity index (χ0) is 30.0. The quantitative estimate of drug-likeness (QED) is 0.447. The van der Waals surface area contributed by atoms with Gasteiger partial charge < -0.3 is 14.5 Å². The number of sulfonamides is 1. The van der Waals surface area contributed by atoms with Crippen LogP contribution < -0.4 is 0 Å². The van der Waals surface area contributed by atoms with Gasteiger partial charge in [0.15, 0.2) is 0 Å². The molecule has 5 rings (SSSR count). The smallest absolute Gasteiger partial charge is 0.410 e. The van der Waals surface area contributed by atoms with E-state index in [-0.39, 0.29) is 18.6 Å². The summed E-state index contributed by atoms with van der Waals surface area (Å²) in [5.41, 5.74) is 5.49. The molecule has 1 fully saturated rings. The third-order valence-electron chi connectivity index (χ3n) is 8.32. The van der Waals surface area contributed by atoms with Gasteiger partial charge in [0, 0.05) is 56.4 Å². The van der Waals surface area contributed by atoms with Gasteiger partial charge in [0.1, 0.15) is 6.61 Å². The van der Waals surface area contributed by atoms with Crippen molar-refractivity contribution in [2.24, 2.45) is 0 Å². The number of ether oxygens (including phenoxy) is 1. The van der Waals surface area contributed by atoms with E-state index in [9.17, 15) is 18.0 Å². The molecule has 2 aromatic carbocycles. The van der Waals surface area contributed by atoms with Crippen molar-refractivity contribution in [3.63, 3.8) is 0 Å². The standard InChI is InChI=1S/C30H36Cl2N4O5S/c1-33(30(38)41-20-21-15-25(31)18-26(32)16-21)28-6-5-23-3-4-24(17-27(23)28)22-7-9-34(10-8-22)19-29(37)35-11-13-36(14-12-35)42(2,39)40/h3-4,7,15-18,28H,5-6,8-14,19-20H2,1-2H3. The molecule has 0 radical (unpaired) electrons. The van der Waals surface area contributed by atoms with Crippen LogP contribution in [-0.2, 0) is 32.6 Å². The number of fused-ring (bicyclic) bond motifs is 1. The van der Waals surface area contributed by atoms with Gasteiger partial charge in [-0.05, 0) is 71.4 Å². The average molecular weight is 636 g/mol. The molecule has 0 aromatic heterocycles. The number of hydrogen-bond donors (Lipinski definition) is 0. The zero-order valence-corrected chi connectivity index (χ0v) is 26.2. The first-order valence-electron chi connectivity index (χ1n) is 14.1. The van der Waals surface area contributed by atoms with Crippen LogP contribution in [0.2, 0.25) is 10.0 Å². The second kappa shape index (κ2) is 12.9. The van der Waals surface area contributed by atoms with Crippen LogP contribution in [0, 0.1) is 0 Å². The molecule has 2 aromatic rings. The highest BCUT2D eigenvalue weighted by atomic mass is 35.5. The van der Waals surface area contributed by atoms with E-state index in [2.05, 4.69) is 29.2 Å². The molecule has 1 unspecified atom stereocenters. The Kier molecular flexibility index (Phi) is 9.49. The van der Waals surface area contributed by atoms with E-state index in [4.69, 9.17) is 27.9 Å². The van der Waals surface area contributed by atoms with Gasteiger partial charge in [0.2, 0.25) is 15.9 Å². The molecule has 9 nitrogen and oxygen atoms in total. The maximum atomic E-state index is 12.9. The zero-order valence-electron chi connectivity index (χ0n) is 23.9. The number of benzene rings is 2. The van der Waals surface area contributed by atoms with Crippen molar-refractivity contribution in [2.75, 3.05) is 59.1 Å². The molecule has 0 spiro atoms. The molecule has 0 saturated carbocycles. The van der Waals surface area contributed by atoms with Crippen molar-refractivity contribution in [3.05, 3.63) is 74.8 Å². The maximum Gasteiger partial charge on any atom is 0.410 e. The van der Waals surface area contributed by atoms with Crippen molar-refractivity contribution in [1.82, 2.24) is 19.0 Å². The van der Waals surface area contributed by atoms with E-state index < -0.39 is 16.1 Å². The lowest BCUT2D eigenvalue weighted by atomic mass is 9.95. The summed E-state index contributed by atoms with van der Waals surface area (Å²) in [5.74, 6) is 0.0359. The van der Waals surface area contributed by atoms with Gasteiger partial charge in [-0.3, -0.25) is 9.69 Å². The number of carbonyl (C=O) groups excluding carboxylic acids is 2. The number of hydrogen-bond acceptors (Lipinski definition) is 6. The molecule has 2 amide bonds. The predicted octanol–water partition coefficient (Wildman–Crippen LogP) is 4.44. The molecule has 1 aliphatic carbocycles. The largest absolute Gasteiger partial charge is 0.445 e. The Morgan fingerprint density at radius 3 is 2.36 bits per heavy atom. The Balaban J connectivity index is 1.16. The summed E-state index contributed by atoms with van der Waals surface area (Å²) >= 11 is 12.1. The lowest BCUT2D eigenvalue weighted by Crippen LogP contribution is -2.52. The molecular formula is C30H36Cl2N4O5S. The molecular weight excluding hydrogens is 599 g/mol. The number of nitrogens with zero attached hydrogens (tertiary/aromatic N) is 4. The molecule has 226 valence electrons. The van der Waals surface area contributed by atoms with Crippen LogP contribution in [-0.4, -0.2) is 98.5 Å². The fourth-order valence-corrected chi connectivity index (χ4v) is 7.33. The summed E-state index contributed by atoms with van der Waals surface area (Å²) in [5, 5.41) is 0.992. The second-order valence-electron chi connectivity index (χ2n) is 11.2. The first kappa shape index (κ1) is 30.8. The number of carbonyl (C=O) groups is 2. The first-order valence-corrected chi connectivity index (χ1v) is 16.7. The van der Waals surface area contributed by atoms with Crippen molar-refractivity contribution in [3.8, 4) is 0 Å². The minimum absolute atomic E-state index is 0.0359. The van der Waals surface area contributed by atoms with Gasteiger partial charge in [-0.2, -0.15) is 4.31 Å². The fraction of sp³-hybridized carbons (Fsp3) is 0.467. The van der Waals surface area contributed by atoms with Crippen LogP contribution in [0.25, 0.3) is 5.57 Å². The van der Waals surface area contributed by atoms with Crippen molar-refractivity contribution < 1.29 is 22.7 Å². The van der Waals surface area contributed by atoms with Gasteiger partial charge in [0.05, 0.1) is 18.8 Å². The van der Waals surface area contributed by atoms with Crippen LogP contribution in [0.3, 0.4) is 0 Å². The number of piperazine rings is 1. The fourth-order valence-electron chi connectivity index (χ4n) is 5.93. The van der Waals surface area contributed by atoms with E-state index in [0.29, 0.717) is 49.3 Å². The maximum absolute atomic E-state index is 12.9. The molecule has 2 heterocycles. The molecule has 12 heteroatoms. The third-order valence-corrected chi connectivity index (χ3v) is 10.1. The summed E-state index contributed by atoms with van der Waals surface area (Å²) < 4.78 is 30.5. The Labute approximate surface area is 257 Å². The highest BCUT2D eigenvalue weighted by molar-refractivity contribution is 7.88. The van der Waals surface area contributed by atoms with Gasteiger partial charge >= 0.3 is 6.09 Å². The number of amides is 2. The summed E-state index contributed by atoms with van der Waals surface area (Å²) in [6.45, 7) is 3.39. The third kappa shape index (κ3) is 7.29. The molecule has 1 atom stereocenters. The SMILES string of the molecule is CN(C(=O)OCc1cc(Cl)cc(Cl)c1)C1CCc2ccc(C3=CCN(CC(=O)N4CCN(S(C)(=O)=O)CC4)CC3)cc21. The molecule has 1 saturated heterocycles. The molecule has 3 aliphatic rings. The topological polar surface area (TPSA) is 90.5 Å². The van der Waals surface area contributed by atoms with Gasteiger partial charge in [0.25, 0.3) is 0 Å². The number of aryl methyl sites for hydroxylation is 1. The van der Waals surface area contributed by atoms with E-state index in [0.717, 1.165) is 42.5 Å². The Morgan fingerprint density at radius 1 is 1.00 bits per heavy atom. The second-order valence-corrected chi connectivity index (χ2v) is 14.0. The Morgan fingerprint density at radius 2 is 1.71 bits per heavy atom. The Hall–Kier alpha value is -2.63. The van der Waals surface area contributed by atoms with Crippen LogP contribution >= 0.6 is 23.2 Å². The minimum atomic E-state index is -3.22. The molecule has 0 bridgehead atoms. The minimum Gasteiger partial charge on any atom is -0.445 e. The van der Waals surface area contributed by atoms with Gasteiger partial charge in [-0.25, -0.2) is 13.2 Å². The number of rotatable bonds is 7. The lowest BCUT2D eigenvalue weighted by molar-refractivity contribution is -0.133. The number of halogens is 2.